The highest BCUT2D eigenvalue weighted by Crippen LogP contribution is 2.36. The van der Waals surface area contributed by atoms with Gasteiger partial charge < -0.3 is 10.1 Å². The van der Waals surface area contributed by atoms with Crippen LogP contribution in [0.5, 0.6) is 11.5 Å². The number of nitrogens with zero attached hydrogens (tertiary/aromatic N) is 1. The average Bonchev–Trinajstić information content (AvgIpc) is 2.42. The van der Waals surface area contributed by atoms with Gasteiger partial charge in [-0.25, -0.2) is 0 Å². The SMILES string of the molecule is CNCc1ccc(Oc2cccc(C)c2[N+](=O)[O-])c(Cl)c1. The smallest absolute Gasteiger partial charge is 0.314 e. The van der Waals surface area contributed by atoms with Crippen LogP contribution in [0.3, 0.4) is 0 Å². The van der Waals surface area contributed by atoms with Crippen LogP contribution in [0.15, 0.2) is 36.4 Å². The summed E-state index contributed by atoms with van der Waals surface area (Å²) < 4.78 is 5.62. The summed E-state index contributed by atoms with van der Waals surface area (Å²) in [6.45, 7) is 2.35. The summed E-state index contributed by atoms with van der Waals surface area (Å²) in [7, 11) is 1.84. The Labute approximate surface area is 127 Å². The molecule has 0 spiro atoms. The number of nitro groups is 1. The van der Waals surface area contributed by atoms with Crippen molar-refractivity contribution in [1.29, 1.82) is 0 Å². The molecule has 0 saturated heterocycles. The van der Waals surface area contributed by atoms with E-state index in [1.165, 1.54) is 0 Å². The predicted molar refractivity (Wildman–Crippen MR) is 82.1 cm³/mol. The van der Waals surface area contributed by atoms with Gasteiger partial charge in [0.05, 0.1) is 9.95 Å². The summed E-state index contributed by atoms with van der Waals surface area (Å²) in [5, 5.41) is 14.6. The Morgan fingerprint density at radius 1 is 1.29 bits per heavy atom. The highest BCUT2D eigenvalue weighted by atomic mass is 35.5. The number of halogens is 1. The molecule has 0 amide bonds. The van der Waals surface area contributed by atoms with Crippen LogP contribution in [0, 0.1) is 17.0 Å². The van der Waals surface area contributed by atoms with Gasteiger partial charge in [-0.3, -0.25) is 10.1 Å². The summed E-state index contributed by atoms with van der Waals surface area (Å²) in [5.41, 5.74) is 1.50. The van der Waals surface area contributed by atoms with Crippen LogP contribution in [0.25, 0.3) is 0 Å². The van der Waals surface area contributed by atoms with E-state index in [1.54, 1.807) is 37.3 Å². The molecule has 0 fully saturated rings. The van der Waals surface area contributed by atoms with Crippen LogP contribution in [-0.2, 0) is 6.54 Å². The zero-order chi connectivity index (χ0) is 15.4. The summed E-state index contributed by atoms with van der Waals surface area (Å²) in [5.74, 6) is 0.577. The molecular weight excluding hydrogens is 292 g/mol. The van der Waals surface area contributed by atoms with Crippen molar-refractivity contribution in [1.82, 2.24) is 5.32 Å². The molecule has 0 saturated carbocycles. The van der Waals surface area contributed by atoms with Gasteiger partial charge in [-0.05, 0) is 37.7 Å². The fourth-order valence-electron chi connectivity index (χ4n) is 2.01. The molecule has 0 bridgehead atoms. The van der Waals surface area contributed by atoms with Crippen molar-refractivity contribution in [2.75, 3.05) is 7.05 Å². The summed E-state index contributed by atoms with van der Waals surface area (Å²) >= 11 is 6.16. The Hall–Kier alpha value is -2.11. The van der Waals surface area contributed by atoms with Crippen LogP contribution in [0.4, 0.5) is 5.69 Å². The maximum atomic E-state index is 11.1. The van der Waals surface area contributed by atoms with Gasteiger partial charge >= 0.3 is 5.69 Å². The minimum atomic E-state index is -0.450. The Balaban J connectivity index is 2.35. The summed E-state index contributed by atoms with van der Waals surface area (Å²) in [4.78, 5) is 10.7. The molecule has 2 aromatic rings. The van der Waals surface area contributed by atoms with Gasteiger partial charge in [0.1, 0.15) is 5.75 Å². The van der Waals surface area contributed by atoms with Gasteiger partial charge in [-0.2, -0.15) is 0 Å². The molecule has 0 radical (unpaired) electrons. The molecule has 0 heterocycles. The van der Waals surface area contributed by atoms with Crippen LogP contribution < -0.4 is 10.1 Å². The van der Waals surface area contributed by atoms with Crippen LogP contribution in [0.2, 0.25) is 5.02 Å². The normalized spacial score (nSPS) is 10.4. The Morgan fingerprint density at radius 3 is 2.67 bits per heavy atom. The van der Waals surface area contributed by atoms with E-state index < -0.39 is 4.92 Å². The Morgan fingerprint density at radius 2 is 2.05 bits per heavy atom. The van der Waals surface area contributed by atoms with Crippen molar-refractivity contribution in [3.05, 3.63) is 62.7 Å². The maximum Gasteiger partial charge on any atom is 0.314 e. The molecule has 0 aliphatic carbocycles. The van der Waals surface area contributed by atoms with Crippen molar-refractivity contribution in [2.24, 2.45) is 0 Å². The molecule has 0 aliphatic heterocycles. The fourth-order valence-corrected chi connectivity index (χ4v) is 2.25. The van der Waals surface area contributed by atoms with Crippen LogP contribution in [-0.4, -0.2) is 12.0 Å². The van der Waals surface area contributed by atoms with E-state index in [9.17, 15) is 10.1 Å². The number of hydrogen-bond acceptors (Lipinski definition) is 4. The molecule has 6 heteroatoms. The first-order chi connectivity index (χ1) is 10.0. The monoisotopic (exact) mass is 306 g/mol. The number of benzene rings is 2. The number of ether oxygens (including phenoxy) is 1. The van der Waals surface area contributed by atoms with Crippen LogP contribution in [0.1, 0.15) is 11.1 Å². The second-order valence-corrected chi connectivity index (χ2v) is 4.98. The standard InChI is InChI=1S/C15H15ClN2O3/c1-10-4-3-5-14(15(10)18(19)20)21-13-7-6-11(9-17-2)8-12(13)16/h3-8,17H,9H2,1-2H3. The number of aryl methyl sites for hydroxylation is 1. The zero-order valence-corrected chi connectivity index (χ0v) is 12.5. The lowest BCUT2D eigenvalue weighted by molar-refractivity contribution is -0.386. The molecule has 2 aromatic carbocycles. The van der Waals surface area contributed by atoms with E-state index in [2.05, 4.69) is 5.32 Å². The van der Waals surface area contributed by atoms with Gasteiger partial charge in [-0.15, -0.1) is 0 Å². The molecular formula is C15H15ClN2O3. The Bertz CT molecular complexity index is 674. The number of para-hydroxylation sites is 1. The lowest BCUT2D eigenvalue weighted by Crippen LogP contribution is -2.04. The highest BCUT2D eigenvalue weighted by Gasteiger charge is 2.19. The van der Waals surface area contributed by atoms with Crippen molar-refractivity contribution in [3.63, 3.8) is 0 Å². The first-order valence-electron chi connectivity index (χ1n) is 6.38. The second-order valence-electron chi connectivity index (χ2n) is 4.58. The van der Waals surface area contributed by atoms with Gasteiger partial charge in [0.25, 0.3) is 0 Å². The van der Waals surface area contributed by atoms with Gasteiger partial charge in [0.15, 0.2) is 0 Å². The zero-order valence-electron chi connectivity index (χ0n) is 11.7. The van der Waals surface area contributed by atoms with E-state index in [0.717, 1.165) is 5.56 Å². The third kappa shape index (κ3) is 3.51. The molecule has 5 nitrogen and oxygen atoms in total. The van der Waals surface area contributed by atoms with E-state index in [0.29, 0.717) is 22.9 Å². The van der Waals surface area contributed by atoms with Crippen molar-refractivity contribution in [2.45, 2.75) is 13.5 Å². The summed E-state index contributed by atoms with van der Waals surface area (Å²) in [6.07, 6.45) is 0. The second kappa shape index (κ2) is 6.56. The molecule has 0 unspecified atom stereocenters. The molecule has 21 heavy (non-hydrogen) atoms. The molecule has 110 valence electrons. The highest BCUT2D eigenvalue weighted by molar-refractivity contribution is 6.32. The van der Waals surface area contributed by atoms with Crippen LogP contribution >= 0.6 is 11.6 Å². The minimum Gasteiger partial charge on any atom is -0.449 e. The topological polar surface area (TPSA) is 64.4 Å². The lowest BCUT2D eigenvalue weighted by Gasteiger charge is -2.10. The third-order valence-electron chi connectivity index (χ3n) is 2.98. The van der Waals surface area contributed by atoms with E-state index in [1.807, 2.05) is 13.1 Å². The predicted octanol–water partition coefficient (Wildman–Crippen LogP) is 4.07. The Kier molecular flexibility index (Phi) is 4.77. The molecule has 0 aliphatic rings. The number of nitro benzene ring substituents is 1. The van der Waals surface area contributed by atoms with Crippen molar-refractivity contribution < 1.29 is 9.66 Å². The minimum absolute atomic E-state index is 0.0483. The van der Waals surface area contributed by atoms with Crippen molar-refractivity contribution >= 4 is 17.3 Å². The van der Waals surface area contributed by atoms with Gasteiger partial charge in [0, 0.05) is 12.1 Å². The molecule has 0 aromatic heterocycles. The van der Waals surface area contributed by atoms with E-state index in [-0.39, 0.29) is 11.4 Å². The quantitative estimate of drug-likeness (QED) is 0.668. The molecule has 0 atom stereocenters. The lowest BCUT2D eigenvalue weighted by atomic mass is 10.2. The maximum absolute atomic E-state index is 11.1. The number of hydrogen-bond donors (Lipinski definition) is 1. The number of nitrogens with one attached hydrogen (secondary N) is 1. The molecule has 2 rings (SSSR count). The van der Waals surface area contributed by atoms with Gasteiger partial charge in [0.2, 0.25) is 5.75 Å². The van der Waals surface area contributed by atoms with E-state index >= 15 is 0 Å². The largest absolute Gasteiger partial charge is 0.449 e. The fraction of sp³-hybridized carbons (Fsp3) is 0.200. The first kappa shape index (κ1) is 15.3. The van der Waals surface area contributed by atoms with Gasteiger partial charge in [-0.1, -0.05) is 29.8 Å². The number of rotatable bonds is 5. The third-order valence-corrected chi connectivity index (χ3v) is 3.28. The summed E-state index contributed by atoms with van der Waals surface area (Å²) in [6, 6.07) is 10.3. The van der Waals surface area contributed by atoms with Crippen molar-refractivity contribution in [3.8, 4) is 11.5 Å². The first-order valence-corrected chi connectivity index (χ1v) is 6.75. The molecule has 1 N–H and O–H groups in total. The average molecular weight is 307 g/mol. The van der Waals surface area contributed by atoms with E-state index in [4.69, 9.17) is 16.3 Å².